The third kappa shape index (κ3) is 5.17. The number of piperidine rings is 1. The molecule has 0 bridgehead atoms. The normalized spacial score (nSPS) is 21.3. The minimum Gasteiger partial charge on any atom is -0.355 e. The lowest BCUT2D eigenvalue weighted by atomic mass is 9.83. The highest BCUT2D eigenvalue weighted by Crippen LogP contribution is 2.25. The molecule has 0 aliphatic carbocycles. The second kappa shape index (κ2) is 8.10. The van der Waals surface area contributed by atoms with Gasteiger partial charge in [-0.05, 0) is 49.1 Å². The molecule has 8 heteroatoms. The van der Waals surface area contributed by atoms with Crippen molar-refractivity contribution in [2.45, 2.75) is 24.7 Å². The molecule has 2 rings (SSSR count). The Hall–Kier alpha value is -1.15. The van der Waals surface area contributed by atoms with Crippen LogP contribution < -0.4 is 15.4 Å². The molecule has 1 fully saturated rings. The van der Waals surface area contributed by atoms with Crippen LogP contribution in [0.15, 0.2) is 29.2 Å². The summed E-state index contributed by atoms with van der Waals surface area (Å²) in [5, 5.41) is 5.80. The van der Waals surface area contributed by atoms with Crippen LogP contribution in [0.25, 0.3) is 0 Å². The van der Waals surface area contributed by atoms with E-state index in [-0.39, 0.29) is 28.6 Å². The molecular formula is C15H24ClN3O3S. The van der Waals surface area contributed by atoms with E-state index in [0.29, 0.717) is 12.1 Å². The molecule has 0 aromatic heterocycles. The van der Waals surface area contributed by atoms with Gasteiger partial charge in [0.15, 0.2) is 0 Å². The number of halogens is 1. The molecule has 1 saturated heterocycles. The lowest BCUT2D eigenvalue weighted by Gasteiger charge is -2.34. The Balaban J connectivity index is 0.00000264. The molecule has 0 saturated carbocycles. The maximum Gasteiger partial charge on any atom is 0.251 e. The Bertz CT molecular complexity index is 626. The van der Waals surface area contributed by atoms with Crippen molar-refractivity contribution in [3.05, 3.63) is 29.8 Å². The first-order valence-corrected chi connectivity index (χ1v) is 8.87. The largest absolute Gasteiger partial charge is 0.355 e. The number of amides is 1. The van der Waals surface area contributed by atoms with Crippen LogP contribution in [0.1, 0.15) is 30.1 Å². The van der Waals surface area contributed by atoms with Crippen LogP contribution in [0.4, 0.5) is 0 Å². The van der Waals surface area contributed by atoms with Crippen molar-refractivity contribution in [1.82, 2.24) is 15.4 Å². The molecule has 1 aliphatic heterocycles. The lowest BCUT2D eigenvalue weighted by molar-refractivity contribution is 0.0963. The summed E-state index contributed by atoms with van der Waals surface area (Å²) in [5.74, 6) is -0.238. The topological polar surface area (TPSA) is 87.3 Å². The van der Waals surface area contributed by atoms with Gasteiger partial charge in [0.05, 0.1) is 4.90 Å². The van der Waals surface area contributed by atoms with E-state index >= 15 is 0 Å². The van der Waals surface area contributed by atoms with E-state index in [1.807, 2.05) is 0 Å². The quantitative estimate of drug-likeness (QED) is 0.733. The van der Waals surface area contributed by atoms with Gasteiger partial charge in [-0.25, -0.2) is 13.1 Å². The molecule has 1 atom stereocenters. The zero-order chi connectivity index (χ0) is 16.2. The Morgan fingerprint density at radius 3 is 2.48 bits per heavy atom. The number of benzene rings is 1. The van der Waals surface area contributed by atoms with Gasteiger partial charge in [0, 0.05) is 25.7 Å². The summed E-state index contributed by atoms with van der Waals surface area (Å²) < 4.78 is 27.4. The monoisotopic (exact) mass is 361 g/mol. The van der Waals surface area contributed by atoms with E-state index in [1.165, 1.54) is 31.3 Å². The van der Waals surface area contributed by atoms with Crippen molar-refractivity contribution in [2.75, 3.05) is 26.7 Å². The van der Waals surface area contributed by atoms with Crippen LogP contribution in [-0.4, -0.2) is 41.0 Å². The van der Waals surface area contributed by atoms with Crippen LogP contribution in [0, 0.1) is 5.41 Å². The van der Waals surface area contributed by atoms with E-state index in [2.05, 4.69) is 22.3 Å². The number of carbonyl (C=O) groups excluding carboxylic acids is 1. The zero-order valence-electron chi connectivity index (χ0n) is 13.4. The van der Waals surface area contributed by atoms with E-state index in [4.69, 9.17) is 0 Å². The minimum atomic E-state index is -3.56. The fourth-order valence-corrected chi connectivity index (χ4v) is 3.75. The third-order valence-electron chi connectivity index (χ3n) is 4.03. The highest BCUT2D eigenvalue weighted by molar-refractivity contribution is 7.89. The molecule has 130 valence electrons. The van der Waals surface area contributed by atoms with Crippen molar-refractivity contribution < 1.29 is 13.2 Å². The first-order valence-electron chi connectivity index (χ1n) is 7.39. The summed E-state index contributed by atoms with van der Waals surface area (Å²) in [6.45, 7) is 4.28. The van der Waals surface area contributed by atoms with Crippen molar-refractivity contribution >= 4 is 28.3 Å². The van der Waals surface area contributed by atoms with Crippen LogP contribution in [0.3, 0.4) is 0 Å². The number of hydrogen-bond acceptors (Lipinski definition) is 4. The Morgan fingerprint density at radius 2 is 1.96 bits per heavy atom. The maximum atomic E-state index is 12.3. The van der Waals surface area contributed by atoms with Gasteiger partial charge in [0.25, 0.3) is 5.91 Å². The second-order valence-corrected chi connectivity index (χ2v) is 7.79. The van der Waals surface area contributed by atoms with Gasteiger partial charge in [-0.3, -0.25) is 4.79 Å². The molecule has 1 unspecified atom stereocenters. The smallest absolute Gasteiger partial charge is 0.251 e. The van der Waals surface area contributed by atoms with Gasteiger partial charge in [-0.2, -0.15) is 0 Å². The lowest BCUT2D eigenvalue weighted by Crippen LogP contribution is -2.45. The molecule has 23 heavy (non-hydrogen) atoms. The number of hydrogen-bond donors (Lipinski definition) is 3. The summed E-state index contributed by atoms with van der Waals surface area (Å²) in [5.41, 5.74) is 0.373. The van der Waals surface area contributed by atoms with Crippen LogP contribution in [0.5, 0.6) is 0 Å². The van der Waals surface area contributed by atoms with Crippen molar-refractivity contribution in [2.24, 2.45) is 5.41 Å². The molecule has 1 heterocycles. The van der Waals surface area contributed by atoms with Crippen LogP contribution in [0.2, 0.25) is 0 Å². The first kappa shape index (κ1) is 19.9. The Labute approximate surface area is 143 Å². The zero-order valence-corrected chi connectivity index (χ0v) is 15.0. The summed E-state index contributed by atoms with van der Waals surface area (Å²) in [6.07, 6.45) is 2.05. The van der Waals surface area contributed by atoms with Crippen molar-refractivity contribution in [3.63, 3.8) is 0 Å². The third-order valence-corrected chi connectivity index (χ3v) is 5.45. The van der Waals surface area contributed by atoms with Crippen LogP contribution in [-0.2, 0) is 10.0 Å². The molecule has 1 aromatic carbocycles. The number of nitrogens with one attached hydrogen (secondary N) is 3. The Morgan fingerprint density at radius 1 is 1.30 bits per heavy atom. The fourth-order valence-electron chi connectivity index (χ4n) is 2.55. The van der Waals surface area contributed by atoms with Gasteiger partial charge >= 0.3 is 0 Å². The summed E-state index contributed by atoms with van der Waals surface area (Å²) in [6, 6.07) is 5.93. The van der Waals surface area contributed by atoms with E-state index in [9.17, 15) is 13.2 Å². The van der Waals surface area contributed by atoms with E-state index in [1.54, 1.807) is 0 Å². The minimum absolute atomic E-state index is 0. The summed E-state index contributed by atoms with van der Waals surface area (Å²) in [7, 11) is -2.02. The standard InChI is InChI=1S/C15H23N3O3S.ClH/c1-15(8-3-9-17-10-15)11-18-22(20,21)13-6-4-12(5-7-13)14(19)16-2;/h4-7,17-18H,3,8-11H2,1-2H3,(H,16,19);1H. The predicted molar refractivity (Wildman–Crippen MR) is 92.5 cm³/mol. The Kier molecular flexibility index (Phi) is 7.01. The van der Waals surface area contributed by atoms with Crippen LogP contribution >= 0.6 is 12.4 Å². The number of rotatable bonds is 5. The molecule has 1 aromatic rings. The van der Waals surface area contributed by atoms with E-state index < -0.39 is 10.0 Å². The number of sulfonamides is 1. The molecular weight excluding hydrogens is 338 g/mol. The molecule has 3 N–H and O–H groups in total. The van der Waals surface area contributed by atoms with Gasteiger partial charge in [-0.1, -0.05) is 6.92 Å². The predicted octanol–water partition coefficient (Wildman–Crippen LogP) is 1.14. The number of carbonyl (C=O) groups is 1. The second-order valence-electron chi connectivity index (χ2n) is 6.02. The average Bonchev–Trinajstić information content (AvgIpc) is 2.53. The first-order chi connectivity index (χ1) is 10.4. The van der Waals surface area contributed by atoms with Crippen molar-refractivity contribution in [1.29, 1.82) is 0 Å². The van der Waals surface area contributed by atoms with E-state index in [0.717, 1.165) is 25.9 Å². The fraction of sp³-hybridized carbons (Fsp3) is 0.533. The molecule has 1 aliphatic rings. The molecule has 1 amide bonds. The molecule has 6 nitrogen and oxygen atoms in total. The van der Waals surface area contributed by atoms with Gasteiger partial charge in [0.1, 0.15) is 0 Å². The van der Waals surface area contributed by atoms with Gasteiger partial charge < -0.3 is 10.6 Å². The average molecular weight is 362 g/mol. The highest BCUT2D eigenvalue weighted by Gasteiger charge is 2.28. The van der Waals surface area contributed by atoms with Gasteiger partial charge in [-0.15, -0.1) is 12.4 Å². The highest BCUT2D eigenvalue weighted by atomic mass is 35.5. The van der Waals surface area contributed by atoms with Gasteiger partial charge in [0.2, 0.25) is 10.0 Å². The molecule has 0 spiro atoms. The van der Waals surface area contributed by atoms with Crippen molar-refractivity contribution in [3.8, 4) is 0 Å². The molecule has 0 radical (unpaired) electrons. The summed E-state index contributed by atoms with van der Waals surface area (Å²) >= 11 is 0. The summed E-state index contributed by atoms with van der Waals surface area (Å²) in [4.78, 5) is 11.6. The SMILES string of the molecule is CNC(=O)c1ccc(S(=O)(=O)NCC2(C)CCCNC2)cc1.Cl. The maximum absolute atomic E-state index is 12.3.